The monoisotopic (exact) mass is 489 g/mol. The largest absolute Gasteiger partial charge is 0.384 e. The van der Waals surface area contributed by atoms with Crippen molar-refractivity contribution in [3.05, 3.63) is 54.1 Å². The number of nitrogens with zero attached hydrogens (tertiary/aromatic N) is 3. The van der Waals surface area contributed by atoms with Gasteiger partial charge in [0.1, 0.15) is 18.2 Å². The Morgan fingerprint density at radius 2 is 1.94 bits per heavy atom. The van der Waals surface area contributed by atoms with Crippen molar-refractivity contribution in [2.45, 2.75) is 50.2 Å². The molecule has 4 N–H and O–H groups in total. The van der Waals surface area contributed by atoms with Crippen LogP contribution in [0.3, 0.4) is 0 Å². The summed E-state index contributed by atoms with van der Waals surface area (Å²) in [6.07, 6.45) is 0.439. The third-order valence-electron chi connectivity index (χ3n) is 5.99. The number of ether oxygens (including phenoxy) is 1. The molecule has 0 saturated carbocycles. The topological polar surface area (TPSA) is 146 Å². The summed E-state index contributed by atoms with van der Waals surface area (Å²) in [6.45, 7) is 1.86. The van der Waals surface area contributed by atoms with E-state index in [9.17, 15) is 24.6 Å². The van der Waals surface area contributed by atoms with E-state index in [1.54, 1.807) is 14.1 Å². The number of rotatable bonds is 14. The highest BCUT2D eigenvalue weighted by atomic mass is 16.5. The summed E-state index contributed by atoms with van der Waals surface area (Å²) >= 11 is 0. The number of likely N-dealkylation sites (N-methyl/N-ethyl adjacent to an activating group) is 1. The zero-order valence-corrected chi connectivity index (χ0v) is 20.5. The van der Waals surface area contributed by atoms with Crippen LogP contribution in [-0.4, -0.2) is 87.9 Å². The van der Waals surface area contributed by atoms with Crippen molar-refractivity contribution >= 4 is 18.2 Å². The Balaban J connectivity index is 1.92. The molecule has 1 heterocycles. The van der Waals surface area contributed by atoms with E-state index in [0.29, 0.717) is 18.5 Å². The summed E-state index contributed by atoms with van der Waals surface area (Å²) in [5.41, 5.74) is 1.43. The standard InChI is InChI=1S/C24H35N5O6/c1-16(10-17-8-6-5-7-9-17)29(3)24(34)20(31)11-18(35-4)12-26-23(33)21(27-15-30)22(32)19-13-25-14-28(19)2/h5-9,13-16,18,20-22,31-32H,10-12H2,1-4H3,(H,26,33)(H,27,30). The van der Waals surface area contributed by atoms with Crippen LogP contribution >= 0.6 is 0 Å². The third-order valence-corrected chi connectivity index (χ3v) is 5.99. The lowest BCUT2D eigenvalue weighted by molar-refractivity contribution is -0.142. The average molecular weight is 490 g/mol. The van der Waals surface area contributed by atoms with E-state index in [1.807, 2.05) is 37.3 Å². The van der Waals surface area contributed by atoms with E-state index in [1.165, 1.54) is 29.1 Å². The number of hydrogen-bond acceptors (Lipinski definition) is 7. The number of nitrogens with one attached hydrogen (secondary N) is 2. The lowest BCUT2D eigenvalue weighted by Crippen LogP contribution is -2.50. The van der Waals surface area contributed by atoms with Crippen LogP contribution in [0.5, 0.6) is 0 Å². The first-order chi connectivity index (χ1) is 16.7. The van der Waals surface area contributed by atoms with E-state index in [4.69, 9.17) is 4.74 Å². The average Bonchev–Trinajstić information content (AvgIpc) is 3.29. The fourth-order valence-corrected chi connectivity index (χ4v) is 3.69. The van der Waals surface area contributed by atoms with E-state index in [2.05, 4.69) is 15.6 Å². The van der Waals surface area contributed by atoms with Crippen molar-refractivity contribution < 1.29 is 29.3 Å². The van der Waals surface area contributed by atoms with Gasteiger partial charge in [-0.05, 0) is 18.9 Å². The number of carbonyl (C=O) groups is 3. The quantitative estimate of drug-likeness (QED) is 0.263. The Labute approximate surface area is 205 Å². The van der Waals surface area contributed by atoms with Gasteiger partial charge in [0.25, 0.3) is 5.91 Å². The van der Waals surface area contributed by atoms with Gasteiger partial charge in [-0.25, -0.2) is 4.98 Å². The highest BCUT2D eigenvalue weighted by molar-refractivity contribution is 5.84. The lowest BCUT2D eigenvalue weighted by Gasteiger charge is -2.29. The van der Waals surface area contributed by atoms with Crippen molar-refractivity contribution in [2.75, 3.05) is 20.7 Å². The number of benzene rings is 1. The van der Waals surface area contributed by atoms with Gasteiger partial charge in [0.2, 0.25) is 12.3 Å². The van der Waals surface area contributed by atoms with Crippen LogP contribution in [0.15, 0.2) is 42.9 Å². The van der Waals surface area contributed by atoms with Crippen molar-refractivity contribution in [1.82, 2.24) is 25.1 Å². The van der Waals surface area contributed by atoms with Crippen molar-refractivity contribution in [2.24, 2.45) is 7.05 Å². The molecule has 0 fully saturated rings. The molecule has 5 unspecified atom stereocenters. The van der Waals surface area contributed by atoms with Gasteiger partial charge in [0.05, 0.1) is 24.3 Å². The maximum atomic E-state index is 12.8. The highest BCUT2D eigenvalue weighted by Crippen LogP contribution is 2.16. The molecule has 3 amide bonds. The normalized spacial score (nSPS) is 15.4. The minimum absolute atomic E-state index is 0.0436. The fourth-order valence-electron chi connectivity index (χ4n) is 3.69. The Morgan fingerprint density at radius 1 is 1.26 bits per heavy atom. The van der Waals surface area contributed by atoms with Gasteiger partial charge in [-0.1, -0.05) is 30.3 Å². The first-order valence-corrected chi connectivity index (χ1v) is 11.3. The lowest BCUT2D eigenvalue weighted by atomic mass is 10.0. The Bertz CT molecular complexity index is 953. The molecule has 0 saturated heterocycles. The number of imidazole rings is 1. The third kappa shape index (κ3) is 7.88. The zero-order chi connectivity index (χ0) is 26.0. The fraction of sp³-hybridized carbons (Fsp3) is 0.500. The molecule has 0 aliphatic rings. The number of aliphatic hydroxyl groups excluding tert-OH is 2. The Kier molecular flexibility index (Phi) is 10.8. The number of carbonyl (C=O) groups excluding carboxylic acids is 3. The highest BCUT2D eigenvalue weighted by Gasteiger charge is 2.31. The van der Waals surface area contributed by atoms with Crippen LogP contribution in [0.25, 0.3) is 0 Å². The van der Waals surface area contributed by atoms with Crippen LogP contribution in [0.1, 0.15) is 30.7 Å². The van der Waals surface area contributed by atoms with Gasteiger partial charge in [-0.3, -0.25) is 14.4 Å². The van der Waals surface area contributed by atoms with Gasteiger partial charge < -0.3 is 35.1 Å². The predicted octanol–water partition coefficient (Wildman–Crippen LogP) is -0.460. The maximum Gasteiger partial charge on any atom is 0.251 e. The molecule has 11 heteroatoms. The van der Waals surface area contributed by atoms with E-state index in [-0.39, 0.29) is 19.0 Å². The molecular formula is C24H35N5O6. The second kappa shape index (κ2) is 13.6. The zero-order valence-electron chi connectivity index (χ0n) is 20.5. The van der Waals surface area contributed by atoms with Gasteiger partial charge >= 0.3 is 0 Å². The number of hydrogen-bond donors (Lipinski definition) is 4. The minimum Gasteiger partial charge on any atom is -0.384 e. The molecule has 0 spiro atoms. The van der Waals surface area contributed by atoms with E-state index in [0.717, 1.165) is 5.56 Å². The molecule has 11 nitrogen and oxygen atoms in total. The summed E-state index contributed by atoms with van der Waals surface area (Å²) < 4.78 is 6.87. The van der Waals surface area contributed by atoms with Crippen molar-refractivity contribution in [1.29, 1.82) is 0 Å². The number of amides is 3. The second-order valence-electron chi connectivity index (χ2n) is 8.48. The molecular weight excluding hydrogens is 454 g/mol. The number of aryl methyl sites for hydroxylation is 1. The molecule has 5 atom stereocenters. The smallest absolute Gasteiger partial charge is 0.251 e. The molecule has 1 aromatic carbocycles. The summed E-state index contributed by atoms with van der Waals surface area (Å²) in [7, 11) is 4.69. The molecule has 2 aromatic rings. The van der Waals surface area contributed by atoms with Gasteiger partial charge in [-0.2, -0.15) is 0 Å². The predicted molar refractivity (Wildman–Crippen MR) is 128 cm³/mol. The first kappa shape index (κ1) is 28.0. The molecule has 35 heavy (non-hydrogen) atoms. The van der Waals surface area contributed by atoms with E-state index < -0.39 is 36.2 Å². The summed E-state index contributed by atoms with van der Waals surface area (Å²) in [4.78, 5) is 41.8. The van der Waals surface area contributed by atoms with Crippen LogP contribution in [-0.2, 0) is 32.6 Å². The number of aliphatic hydroxyl groups is 2. The summed E-state index contributed by atoms with van der Waals surface area (Å²) in [6, 6.07) is 8.34. The second-order valence-corrected chi connectivity index (χ2v) is 8.48. The molecule has 0 aliphatic heterocycles. The Hall–Kier alpha value is -3.28. The number of methoxy groups -OCH3 is 1. The van der Waals surface area contributed by atoms with Gasteiger partial charge in [-0.15, -0.1) is 0 Å². The van der Waals surface area contributed by atoms with Crippen molar-refractivity contribution in [3.8, 4) is 0 Å². The van der Waals surface area contributed by atoms with Crippen LogP contribution in [0.2, 0.25) is 0 Å². The van der Waals surface area contributed by atoms with Crippen molar-refractivity contribution in [3.63, 3.8) is 0 Å². The Morgan fingerprint density at radius 3 is 2.51 bits per heavy atom. The number of aromatic nitrogens is 2. The minimum atomic E-state index is -1.33. The first-order valence-electron chi connectivity index (χ1n) is 11.3. The van der Waals surface area contributed by atoms with Gasteiger partial charge in [0.15, 0.2) is 0 Å². The van der Waals surface area contributed by atoms with Crippen LogP contribution in [0.4, 0.5) is 0 Å². The molecule has 0 radical (unpaired) electrons. The SMILES string of the molecule is COC(CNC(=O)C(NC=O)C(O)c1cncn1C)CC(O)C(=O)N(C)C(C)Cc1ccccc1. The van der Waals surface area contributed by atoms with Crippen LogP contribution in [0, 0.1) is 0 Å². The van der Waals surface area contributed by atoms with Crippen LogP contribution < -0.4 is 10.6 Å². The molecule has 0 bridgehead atoms. The van der Waals surface area contributed by atoms with Gasteiger partial charge in [0, 0.05) is 40.2 Å². The summed E-state index contributed by atoms with van der Waals surface area (Å²) in [5.74, 6) is -1.10. The molecule has 0 aliphatic carbocycles. The summed E-state index contributed by atoms with van der Waals surface area (Å²) in [5, 5.41) is 26.0. The molecule has 1 aromatic heterocycles. The maximum absolute atomic E-state index is 12.8. The molecule has 2 rings (SSSR count). The molecule has 192 valence electrons. The van der Waals surface area contributed by atoms with E-state index >= 15 is 0 Å².